The Morgan fingerprint density at radius 1 is 0.219 bits per heavy atom. The molecule has 0 fully saturated rings. The van der Waals surface area contributed by atoms with Crippen LogP contribution in [0, 0.1) is 0 Å². The summed E-state index contributed by atoms with van der Waals surface area (Å²) in [6.45, 7) is 0. The molecule has 298 valence electrons. The molecule has 13 rings (SSSR count). The number of hydrogen-bond acceptors (Lipinski definition) is 0. The summed E-state index contributed by atoms with van der Waals surface area (Å²) >= 11 is 0. The van der Waals surface area contributed by atoms with E-state index >= 15 is 0 Å². The molecule has 0 radical (unpaired) electrons. The van der Waals surface area contributed by atoms with Crippen LogP contribution in [0.5, 0.6) is 0 Å². The molecule has 2 atom stereocenters. The number of fused-ring (bicyclic) bond motifs is 8. The third-order valence-corrected chi connectivity index (χ3v) is 18.4. The second-order valence-electron chi connectivity index (χ2n) is 16.8. The van der Waals surface area contributed by atoms with Crippen molar-refractivity contribution in [2.75, 3.05) is 0 Å². The summed E-state index contributed by atoms with van der Waals surface area (Å²) in [7, 11) is -1.39. The van der Waals surface area contributed by atoms with Crippen LogP contribution in [0.2, 0.25) is 0 Å². The summed E-state index contributed by atoms with van der Waals surface area (Å²) in [5, 5.41) is 19.0. The molecule has 11 aromatic carbocycles. The van der Waals surface area contributed by atoms with Crippen LogP contribution in [-0.4, -0.2) is 0 Å². The predicted molar refractivity (Wildman–Crippen MR) is 281 cm³/mol. The fraction of sp³-hybridized carbons (Fsp3) is 0. The van der Waals surface area contributed by atoms with Crippen LogP contribution in [0.25, 0.3) is 119 Å². The summed E-state index contributed by atoms with van der Waals surface area (Å²) < 4.78 is 0. The van der Waals surface area contributed by atoms with Crippen molar-refractivity contribution in [2.45, 2.75) is 0 Å². The average Bonchev–Trinajstić information content (AvgIpc) is 3.90. The molecule has 0 saturated carbocycles. The van der Waals surface area contributed by atoms with Gasteiger partial charge in [0.2, 0.25) is 0 Å². The summed E-state index contributed by atoms with van der Waals surface area (Å²) in [6.07, 6.45) is 0. The monoisotopic (exact) mass is 846 g/mol. The van der Waals surface area contributed by atoms with Crippen LogP contribution in [-0.2, 0) is 0 Å². The molecule has 64 heavy (non-hydrogen) atoms. The van der Waals surface area contributed by atoms with Gasteiger partial charge in [0, 0.05) is 31.2 Å². The Kier molecular flexibility index (Phi) is 8.77. The van der Waals surface area contributed by atoms with Crippen LogP contribution in [0.15, 0.2) is 243 Å². The first-order valence-corrected chi connectivity index (χ1v) is 24.8. The van der Waals surface area contributed by atoms with Gasteiger partial charge in [0.05, 0.1) is 0 Å². The Labute approximate surface area is 374 Å². The van der Waals surface area contributed by atoms with Gasteiger partial charge in [-0.1, -0.05) is 240 Å². The lowest BCUT2D eigenvalue weighted by Crippen LogP contribution is -1.91. The lowest BCUT2D eigenvalue weighted by atomic mass is 9.85. The zero-order valence-electron chi connectivity index (χ0n) is 35.0. The van der Waals surface area contributed by atoms with Crippen LogP contribution >= 0.6 is 15.1 Å². The second kappa shape index (κ2) is 15.1. The molecule has 2 unspecified atom stereocenters. The van der Waals surface area contributed by atoms with Crippen molar-refractivity contribution in [1.29, 1.82) is 0 Å². The molecule has 0 N–H and O–H groups in total. The van der Waals surface area contributed by atoms with E-state index in [2.05, 4.69) is 243 Å². The lowest BCUT2D eigenvalue weighted by molar-refractivity contribution is 1.61. The van der Waals surface area contributed by atoms with Crippen molar-refractivity contribution >= 4 is 78.6 Å². The number of benzene rings is 11. The van der Waals surface area contributed by atoms with Gasteiger partial charge in [0.25, 0.3) is 0 Å². The van der Waals surface area contributed by atoms with Crippen LogP contribution in [0.1, 0.15) is 0 Å². The van der Waals surface area contributed by atoms with E-state index in [1.54, 1.807) is 0 Å². The first-order valence-electron chi connectivity index (χ1n) is 22.1. The first kappa shape index (κ1) is 37.1. The van der Waals surface area contributed by atoms with Crippen molar-refractivity contribution in [1.82, 2.24) is 0 Å². The average molecular weight is 847 g/mol. The van der Waals surface area contributed by atoms with Gasteiger partial charge in [0.1, 0.15) is 0 Å². The summed E-state index contributed by atoms with van der Waals surface area (Å²) in [6, 6.07) is 91.1. The topological polar surface area (TPSA) is 0 Å². The van der Waals surface area contributed by atoms with Gasteiger partial charge >= 0.3 is 0 Å². The maximum absolute atomic E-state index is 2.53. The first-order chi connectivity index (χ1) is 31.8. The number of hydrogen-bond donors (Lipinski definition) is 0. The maximum Gasteiger partial charge on any atom is 0.00745 e. The highest BCUT2D eigenvalue weighted by Crippen LogP contribution is 2.59. The minimum atomic E-state index is -0.694. The highest BCUT2D eigenvalue weighted by molar-refractivity contribution is 7.68. The van der Waals surface area contributed by atoms with E-state index < -0.39 is 15.1 Å². The molecule has 13 aromatic rings. The van der Waals surface area contributed by atoms with Crippen molar-refractivity contribution in [3.63, 3.8) is 0 Å². The van der Waals surface area contributed by atoms with E-state index in [1.807, 2.05) is 0 Å². The van der Waals surface area contributed by atoms with E-state index in [-0.39, 0.29) is 0 Å². The van der Waals surface area contributed by atoms with Crippen molar-refractivity contribution in [3.8, 4) is 55.1 Å². The van der Waals surface area contributed by atoms with Crippen molar-refractivity contribution in [2.24, 2.45) is 0 Å². The molecule has 2 heterocycles. The summed E-state index contributed by atoms with van der Waals surface area (Å²) in [4.78, 5) is 0. The van der Waals surface area contributed by atoms with E-state index in [4.69, 9.17) is 0 Å². The zero-order chi connectivity index (χ0) is 42.1. The van der Waals surface area contributed by atoms with E-state index in [0.29, 0.717) is 0 Å². The highest BCUT2D eigenvalue weighted by atomic mass is 31.1. The van der Waals surface area contributed by atoms with E-state index in [0.717, 1.165) is 0 Å². The minimum absolute atomic E-state index is 0.694. The van der Waals surface area contributed by atoms with Gasteiger partial charge in [0.15, 0.2) is 0 Å². The Hall–Kier alpha value is -7.46. The van der Waals surface area contributed by atoms with Gasteiger partial charge in [-0.05, 0) is 106 Å². The van der Waals surface area contributed by atoms with E-state index in [1.165, 1.54) is 119 Å². The Balaban J connectivity index is 1.13. The largest absolute Gasteiger partial charge is 0.0772 e. The zero-order valence-corrected chi connectivity index (χ0v) is 36.8. The molecule has 0 aliphatic heterocycles. The maximum atomic E-state index is 2.53. The molecule has 0 bridgehead atoms. The molecule has 0 aliphatic rings. The molecule has 0 aliphatic carbocycles. The molecule has 2 heteroatoms. The van der Waals surface area contributed by atoms with Gasteiger partial charge in [-0.2, -0.15) is 0 Å². The summed E-state index contributed by atoms with van der Waals surface area (Å²) in [5.41, 5.74) is 10.1. The van der Waals surface area contributed by atoms with Gasteiger partial charge < -0.3 is 0 Å². The molecule has 2 aromatic heterocycles. The third-order valence-electron chi connectivity index (χ3n) is 13.3. The molecule has 0 amide bonds. The minimum Gasteiger partial charge on any atom is -0.0772 e. The smallest absolute Gasteiger partial charge is 0.00745 e. The second-order valence-corrected chi connectivity index (χ2v) is 21.1. The van der Waals surface area contributed by atoms with Crippen molar-refractivity contribution in [3.05, 3.63) is 243 Å². The van der Waals surface area contributed by atoms with Crippen LogP contribution in [0.4, 0.5) is 0 Å². The molecule has 0 saturated heterocycles. The van der Waals surface area contributed by atoms with Crippen LogP contribution in [0.3, 0.4) is 0 Å². The molecule has 0 spiro atoms. The quantitative estimate of drug-likeness (QED) is 0.146. The normalized spacial score (nSPS) is 12.3. The Bertz CT molecular complexity index is 3700. The van der Waals surface area contributed by atoms with Crippen LogP contribution < -0.4 is 0 Å². The van der Waals surface area contributed by atoms with Gasteiger partial charge in [-0.15, -0.1) is 0 Å². The standard InChI is InChI=1S/C62H40P2/c1-4-18-41(19-5-1)42-36-38-43(39-37-42)60-50-28-14-26-46(48-30-16-34-58-61(48)52-24-10-12-32-56(52)63(58)44-20-6-2-7-21-44)54(50)40-55-47(27-15-29-51(55)60)49-31-17-35-59-62(49)53-25-11-13-33-57(53)64(59)45-22-8-3-9-23-45/h1-40H. The lowest BCUT2D eigenvalue weighted by Gasteiger charge is -2.18. The fourth-order valence-corrected chi connectivity index (χ4v) is 15.9. The highest BCUT2D eigenvalue weighted by Gasteiger charge is 2.22. The Morgan fingerprint density at radius 3 is 1.08 bits per heavy atom. The molecular formula is C62H40P2. The molecule has 0 nitrogen and oxygen atoms in total. The van der Waals surface area contributed by atoms with Crippen molar-refractivity contribution < 1.29 is 0 Å². The number of rotatable bonds is 6. The predicted octanol–water partition coefficient (Wildman–Crippen LogP) is 19.2. The van der Waals surface area contributed by atoms with Gasteiger partial charge in [-0.3, -0.25) is 0 Å². The summed E-state index contributed by atoms with van der Waals surface area (Å²) in [5.74, 6) is 0. The Morgan fingerprint density at radius 2 is 0.578 bits per heavy atom. The van der Waals surface area contributed by atoms with Gasteiger partial charge in [-0.25, -0.2) is 0 Å². The fourth-order valence-electron chi connectivity index (χ4n) is 10.6. The molecular weight excluding hydrogens is 807 g/mol. The SMILES string of the molecule is c1ccc(-c2ccc(-c3c4cccc(-c5cccc6c5c5ccccc5p6-c5ccccc5)c4cc4c(-c5cccc6c5c5ccccc5p6-c5ccccc5)cccc34)cc2)cc1. The third kappa shape index (κ3) is 5.77. The van der Waals surface area contributed by atoms with E-state index in [9.17, 15) is 0 Å².